The molecule has 2 fully saturated rings. The number of carbonyl (C=O) groups is 1. The number of nitrogens with zero attached hydrogens (tertiary/aromatic N) is 1. The highest BCUT2D eigenvalue weighted by molar-refractivity contribution is 7.99. The van der Waals surface area contributed by atoms with Gasteiger partial charge in [-0.1, -0.05) is 0 Å². The van der Waals surface area contributed by atoms with E-state index < -0.39 is 0 Å². The van der Waals surface area contributed by atoms with Crippen LogP contribution >= 0.6 is 23.1 Å². The lowest BCUT2D eigenvalue weighted by molar-refractivity contribution is 0.236. The van der Waals surface area contributed by atoms with Crippen LogP contribution in [0.4, 0.5) is 4.79 Å². The van der Waals surface area contributed by atoms with E-state index in [1.165, 1.54) is 30.0 Å². The average molecular weight is 297 g/mol. The fraction of sp³-hybridized carbons (Fsp3) is 0.692. The monoisotopic (exact) mass is 297 g/mol. The van der Waals surface area contributed by atoms with Crippen LogP contribution in [0.15, 0.2) is 5.38 Å². The zero-order valence-corrected chi connectivity index (χ0v) is 12.5. The molecule has 1 aliphatic heterocycles. The van der Waals surface area contributed by atoms with Crippen molar-refractivity contribution in [2.24, 2.45) is 0 Å². The standard InChI is InChI=1S/C13H19N3OS2/c17-13(16-10-2-1-5-18-7-10)14-6-11-8-19-12(15-11)9-3-4-9/h8-10H,1-7H2,(H2,14,16,17)/t10-/m0/s1. The molecule has 1 aromatic heterocycles. The lowest BCUT2D eigenvalue weighted by atomic mass is 10.2. The number of nitrogens with one attached hydrogen (secondary N) is 2. The minimum atomic E-state index is -0.0616. The Morgan fingerprint density at radius 2 is 2.32 bits per heavy atom. The fourth-order valence-corrected chi connectivity index (χ4v) is 4.25. The van der Waals surface area contributed by atoms with E-state index in [1.807, 2.05) is 11.8 Å². The maximum absolute atomic E-state index is 11.8. The molecule has 19 heavy (non-hydrogen) atoms. The summed E-state index contributed by atoms with van der Waals surface area (Å²) >= 11 is 3.64. The Labute approximate surface area is 121 Å². The lowest BCUT2D eigenvalue weighted by Gasteiger charge is -2.22. The van der Waals surface area contributed by atoms with Crippen LogP contribution in [0, 0.1) is 0 Å². The van der Waals surface area contributed by atoms with Gasteiger partial charge in [0.25, 0.3) is 0 Å². The van der Waals surface area contributed by atoms with Crippen molar-refractivity contribution >= 4 is 29.1 Å². The summed E-state index contributed by atoms with van der Waals surface area (Å²) in [7, 11) is 0. The van der Waals surface area contributed by atoms with Gasteiger partial charge in [-0.15, -0.1) is 11.3 Å². The van der Waals surface area contributed by atoms with Crippen LogP contribution in [-0.2, 0) is 6.54 Å². The number of amides is 2. The third-order valence-electron chi connectivity index (χ3n) is 3.42. The molecular weight excluding hydrogens is 278 g/mol. The fourth-order valence-electron chi connectivity index (χ4n) is 2.18. The predicted molar refractivity (Wildman–Crippen MR) is 79.8 cm³/mol. The zero-order valence-electron chi connectivity index (χ0n) is 10.9. The van der Waals surface area contributed by atoms with E-state index in [0.29, 0.717) is 18.5 Å². The van der Waals surface area contributed by atoms with Crippen molar-refractivity contribution < 1.29 is 4.79 Å². The summed E-state index contributed by atoms with van der Waals surface area (Å²) in [6.07, 6.45) is 4.86. The first kappa shape index (κ1) is 13.2. The number of urea groups is 1. The van der Waals surface area contributed by atoms with Crippen LogP contribution in [0.5, 0.6) is 0 Å². The maximum Gasteiger partial charge on any atom is 0.315 e. The van der Waals surface area contributed by atoms with E-state index in [1.54, 1.807) is 11.3 Å². The molecule has 0 unspecified atom stereocenters. The Morgan fingerprint density at radius 1 is 1.42 bits per heavy atom. The van der Waals surface area contributed by atoms with Crippen molar-refractivity contribution in [2.75, 3.05) is 11.5 Å². The van der Waals surface area contributed by atoms with E-state index in [0.717, 1.165) is 17.9 Å². The predicted octanol–water partition coefficient (Wildman–Crippen LogP) is 2.72. The normalized spacial score (nSPS) is 23.1. The van der Waals surface area contributed by atoms with Crippen LogP contribution in [0.3, 0.4) is 0 Å². The second kappa shape index (κ2) is 6.13. The molecule has 1 atom stereocenters. The third kappa shape index (κ3) is 3.86. The molecule has 2 amide bonds. The van der Waals surface area contributed by atoms with Gasteiger partial charge in [0.1, 0.15) is 0 Å². The highest BCUT2D eigenvalue weighted by Crippen LogP contribution is 2.41. The smallest absolute Gasteiger partial charge is 0.315 e. The van der Waals surface area contributed by atoms with Gasteiger partial charge in [-0.05, 0) is 31.4 Å². The molecule has 0 aromatic carbocycles. The molecule has 1 saturated carbocycles. The average Bonchev–Trinajstić information content (AvgIpc) is 3.17. The van der Waals surface area contributed by atoms with Crippen molar-refractivity contribution in [3.63, 3.8) is 0 Å². The number of rotatable bonds is 4. The minimum absolute atomic E-state index is 0.0616. The molecule has 1 saturated heterocycles. The van der Waals surface area contributed by atoms with Gasteiger partial charge in [0, 0.05) is 23.1 Å². The molecule has 0 spiro atoms. The van der Waals surface area contributed by atoms with Crippen LogP contribution in [0.2, 0.25) is 0 Å². The molecule has 0 radical (unpaired) electrons. The maximum atomic E-state index is 11.8. The van der Waals surface area contributed by atoms with E-state index in [4.69, 9.17) is 0 Å². The van der Waals surface area contributed by atoms with Gasteiger partial charge in [0.2, 0.25) is 0 Å². The second-order valence-electron chi connectivity index (χ2n) is 5.19. The number of thioether (sulfide) groups is 1. The largest absolute Gasteiger partial charge is 0.335 e. The number of hydrogen-bond acceptors (Lipinski definition) is 4. The molecule has 0 bridgehead atoms. The quantitative estimate of drug-likeness (QED) is 0.898. The highest BCUT2D eigenvalue weighted by Gasteiger charge is 2.26. The van der Waals surface area contributed by atoms with Gasteiger partial charge in [-0.3, -0.25) is 0 Å². The van der Waals surface area contributed by atoms with Crippen molar-refractivity contribution in [1.29, 1.82) is 0 Å². The summed E-state index contributed by atoms with van der Waals surface area (Å²) in [4.78, 5) is 16.3. The Hall–Kier alpha value is -0.750. The van der Waals surface area contributed by atoms with Crippen LogP contribution in [0.25, 0.3) is 0 Å². The summed E-state index contributed by atoms with van der Waals surface area (Å²) < 4.78 is 0. The molecule has 2 aliphatic rings. The summed E-state index contributed by atoms with van der Waals surface area (Å²) in [6, 6.07) is 0.268. The molecule has 2 N–H and O–H groups in total. The third-order valence-corrected chi connectivity index (χ3v) is 5.69. The first-order chi connectivity index (χ1) is 9.31. The summed E-state index contributed by atoms with van der Waals surface area (Å²) in [6.45, 7) is 0.537. The minimum Gasteiger partial charge on any atom is -0.335 e. The van der Waals surface area contributed by atoms with Gasteiger partial charge < -0.3 is 10.6 Å². The topological polar surface area (TPSA) is 54.0 Å². The van der Waals surface area contributed by atoms with Gasteiger partial charge in [0.15, 0.2) is 0 Å². The van der Waals surface area contributed by atoms with E-state index in [-0.39, 0.29) is 6.03 Å². The summed E-state index contributed by atoms with van der Waals surface area (Å²) in [5, 5.41) is 9.24. The number of carbonyl (C=O) groups excluding carboxylic acids is 1. The van der Waals surface area contributed by atoms with Gasteiger partial charge in [-0.2, -0.15) is 11.8 Å². The molecule has 1 aromatic rings. The Balaban J connectivity index is 1.41. The Bertz CT molecular complexity index is 439. The van der Waals surface area contributed by atoms with Crippen LogP contribution in [-0.4, -0.2) is 28.6 Å². The van der Waals surface area contributed by atoms with Crippen molar-refractivity contribution in [2.45, 2.75) is 44.2 Å². The number of aromatic nitrogens is 1. The van der Waals surface area contributed by atoms with Crippen molar-refractivity contribution in [3.05, 3.63) is 16.1 Å². The molecule has 1 aliphatic carbocycles. The summed E-state index contributed by atoms with van der Waals surface area (Å²) in [5.74, 6) is 2.96. The van der Waals surface area contributed by atoms with Gasteiger partial charge >= 0.3 is 6.03 Å². The molecule has 6 heteroatoms. The molecule has 2 heterocycles. The second-order valence-corrected chi connectivity index (χ2v) is 7.23. The van der Waals surface area contributed by atoms with Gasteiger partial charge in [0.05, 0.1) is 17.2 Å². The SMILES string of the molecule is O=C(NCc1csc(C2CC2)n1)N[C@H]1CCCSC1. The van der Waals surface area contributed by atoms with Gasteiger partial charge in [-0.25, -0.2) is 9.78 Å². The summed E-state index contributed by atoms with van der Waals surface area (Å²) in [5.41, 5.74) is 0.986. The molecule has 104 valence electrons. The Kier molecular flexibility index (Phi) is 4.28. The molecule has 3 rings (SSSR count). The van der Waals surface area contributed by atoms with Crippen LogP contribution in [0.1, 0.15) is 42.3 Å². The van der Waals surface area contributed by atoms with E-state index in [9.17, 15) is 4.79 Å². The zero-order chi connectivity index (χ0) is 13.1. The number of hydrogen-bond donors (Lipinski definition) is 2. The molecule has 4 nitrogen and oxygen atoms in total. The van der Waals surface area contributed by atoms with E-state index >= 15 is 0 Å². The Morgan fingerprint density at radius 3 is 3.05 bits per heavy atom. The van der Waals surface area contributed by atoms with Crippen molar-refractivity contribution in [3.8, 4) is 0 Å². The van der Waals surface area contributed by atoms with E-state index in [2.05, 4.69) is 21.0 Å². The van der Waals surface area contributed by atoms with Crippen molar-refractivity contribution in [1.82, 2.24) is 15.6 Å². The first-order valence-corrected chi connectivity index (χ1v) is 8.91. The highest BCUT2D eigenvalue weighted by atomic mass is 32.2. The number of thiazole rings is 1. The molecular formula is C13H19N3OS2. The van der Waals surface area contributed by atoms with Crippen LogP contribution < -0.4 is 10.6 Å². The lowest BCUT2D eigenvalue weighted by Crippen LogP contribution is -2.44. The first-order valence-electron chi connectivity index (χ1n) is 6.87.